The molecule has 4 rings (SSSR count). The van der Waals surface area contributed by atoms with Crippen molar-refractivity contribution in [3.8, 4) is 0 Å². The van der Waals surface area contributed by atoms with Gasteiger partial charge in [0.15, 0.2) is 0 Å². The van der Waals surface area contributed by atoms with Gasteiger partial charge >= 0.3 is 0 Å². The maximum atomic E-state index is 12.6. The molecule has 1 fully saturated rings. The fourth-order valence-corrected chi connectivity index (χ4v) is 4.19. The Morgan fingerprint density at radius 3 is 2.71 bits per heavy atom. The van der Waals surface area contributed by atoms with Crippen LogP contribution in [0, 0.1) is 0 Å². The summed E-state index contributed by atoms with van der Waals surface area (Å²) in [4.78, 5) is 34.1. The van der Waals surface area contributed by atoms with E-state index in [2.05, 4.69) is 15.3 Å². The summed E-state index contributed by atoms with van der Waals surface area (Å²) in [5, 5.41) is 3.17. The molecule has 2 heterocycles. The first-order valence-electron chi connectivity index (χ1n) is 9.39. The molecule has 2 amide bonds. The Balaban J connectivity index is 1.49. The molecular formula is C21H22N4O2S. The summed E-state index contributed by atoms with van der Waals surface area (Å²) < 4.78 is 0. The molecule has 0 spiro atoms. The van der Waals surface area contributed by atoms with Gasteiger partial charge in [0.05, 0.1) is 17.1 Å². The number of nitrogens with zero attached hydrogens (tertiary/aromatic N) is 2. The van der Waals surface area contributed by atoms with Crippen molar-refractivity contribution in [3.05, 3.63) is 66.0 Å². The van der Waals surface area contributed by atoms with Crippen LogP contribution < -0.4 is 5.32 Å². The minimum Gasteiger partial charge on any atom is -0.346 e. The first-order valence-corrected chi connectivity index (χ1v) is 10.4. The van der Waals surface area contributed by atoms with Crippen molar-refractivity contribution in [3.63, 3.8) is 0 Å². The Morgan fingerprint density at radius 2 is 1.96 bits per heavy atom. The highest BCUT2D eigenvalue weighted by atomic mass is 32.2. The number of amides is 2. The Hall–Kier alpha value is -2.80. The molecule has 6 nitrogen and oxygen atoms in total. The standard InChI is InChI=1S/C21H22N4O2S/c26-19(10-11-25-12-13-28-21(25)27)22-18(14-15-6-2-1-3-7-15)20-23-16-8-4-5-9-17(16)24-20/h1-9,18H,10-14H2,(H,22,26)(H,23,24)/t18-/m0/s1. The summed E-state index contributed by atoms with van der Waals surface area (Å²) >= 11 is 1.31. The van der Waals surface area contributed by atoms with E-state index in [1.807, 2.05) is 54.6 Å². The molecule has 0 saturated carbocycles. The Morgan fingerprint density at radius 1 is 1.18 bits per heavy atom. The summed E-state index contributed by atoms with van der Waals surface area (Å²) in [6.45, 7) is 1.17. The molecule has 1 aromatic heterocycles. The van der Waals surface area contributed by atoms with Crippen molar-refractivity contribution < 1.29 is 9.59 Å². The van der Waals surface area contributed by atoms with Gasteiger partial charge in [-0.1, -0.05) is 54.2 Å². The molecule has 1 aliphatic rings. The first kappa shape index (κ1) is 18.6. The van der Waals surface area contributed by atoms with Crippen molar-refractivity contribution in [2.24, 2.45) is 0 Å². The zero-order chi connectivity index (χ0) is 19.3. The summed E-state index contributed by atoms with van der Waals surface area (Å²) in [5.74, 6) is 1.47. The SMILES string of the molecule is O=C(CCN1CCSC1=O)N[C@@H](Cc1ccccc1)c1nc2ccccc2[nH]1. The van der Waals surface area contributed by atoms with Gasteiger partial charge < -0.3 is 15.2 Å². The van der Waals surface area contributed by atoms with Gasteiger partial charge in [0.1, 0.15) is 5.82 Å². The third-order valence-corrected chi connectivity index (χ3v) is 5.70. The highest BCUT2D eigenvalue weighted by molar-refractivity contribution is 8.13. The first-order chi connectivity index (χ1) is 13.7. The number of imidazole rings is 1. The van der Waals surface area contributed by atoms with Gasteiger partial charge in [-0.2, -0.15) is 0 Å². The number of aromatic nitrogens is 2. The molecule has 144 valence electrons. The summed E-state index contributed by atoms with van der Waals surface area (Å²) in [6.07, 6.45) is 0.933. The number of benzene rings is 2. The van der Waals surface area contributed by atoms with Gasteiger partial charge in [-0.15, -0.1) is 0 Å². The Kier molecular flexibility index (Phi) is 5.62. The lowest BCUT2D eigenvalue weighted by atomic mass is 10.1. The van der Waals surface area contributed by atoms with E-state index in [4.69, 9.17) is 0 Å². The average Bonchev–Trinajstić information content (AvgIpc) is 3.32. The normalized spacial score (nSPS) is 15.1. The number of hydrogen-bond donors (Lipinski definition) is 2. The van der Waals surface area contributed by atoms with Crippen molar-refractivity contribution in [2.45, 2.75) is 18.9 Å². The van der Waals surface area contributed by atoms with Crippen molar-refractivity contribution in [2.75, 3.05) is 18.8 Å². The second kappa shape index (κ2) is 8.48. The number of para-hydroxylation sites is 2. The van der Waals surface area contributed by atoms with E-state index >= 15 is 0 Å². The van der Waals surface area contributed by atoms with Gasteiger partial charge in [-0.3, -0.25) is 9.59 Å². The molecule has 3 aromatic rings. The van der Waals surface area contributed by atoms with Crippen LogP contribution in [0.3, 0.4) is 0 Å². The number of H-pyrrole nitrogens is 1. The Bertz CT molecular complexity index is 940. The molecule has 1 aliphatic heterocycles. The fraction of sp³-hybridized carbons (Fsp3) is 0.286. The third kappa shape index (κ3) is 4.36. The monoisotopic (exact) mass is 394 g/mol. The number of aromatic amines is 1. The second-order valence-corrected chi connectivity index (χ2v) is 7.85. The van der Waals surface area contributed by atoms with Crippen LogP contribution in [0.5, 0.6) is 0 Å². The van der Waals surface area contributed by atoms with E-state index < -0.39 is 0 Å². The minimum absolute atomic E-state index is 0.0610. The van der Waals surface area contributed by atoms with Crippen molar-refractivity contribution in [1.82, 2.24) is 20.2 Å². The fourth-order valence-electron chi connectivity index (χ4n) is 3.34. The number of fused-ring (bicyclic) bond motifs is 1. The molecule has 0 unspecified atom stereocenters. The van der Waals surface area contributed by atoms with E-state index in [0.717, 1.165) is 28.2 Å². The molecule has 0 radical (unpaired) electrons. The molecular weight excluding hydrogens is 372 g/mol. The van der Waals surface area contributed by atoms with Gasteiger partial charge in [0.2, 0.25) is 5.91 Å². The van der Waals surface area contributed by atoms with E-state index in [1.165, 1.54) is 11.8 Å². The van der Waals surface area contributed by atoms with Crippen LogP contribution in [0.1, 0.15) is 23.9 Å². The average molecular weight is 395 g/mol. The lowest BCUT2D eigenvalue weighted by molar-refractivity contribution is -0.122. The number of thioether (sulfide) groups is 1. The number of carbonyl (C=O) groups excluding carboxylic acids is 2. The number of carbonyl (C=O) groups is 2. The van der Waals surface area contributed by atoms with Gasteiger partial charge in [-0.05, 0) is 24.1 Å². The predicted molar refractivity (Wildman–Crippen MR) is 111 cm³/mol. The quantitative estimate of drug-likeness (QED) is 0.643. The molecule has 2 aromatic carbocycles. The smallest absolute Gasteiger partial charge is 0.281 e. The van der Waals surface area contributed by atoms with E-state index in [0.29, 0.717) is 19.5 Å². The highest BCUT2D eigenvalue weighted by Crippen LogP contribution is 2.21. The third-order valence-electron chi connectivity index (χ3n) is 4.81. The largest absolute Gasteiger partial charge is 0.346 e. The topological polar surface area (TPSA) is 78.1 Å². The molecule has 1 saturated heterocycles. The summed E-state index contributed by atoms with van der Waals surface area (Å²) in [7, 11) is 0. The van der Waals surface area contributed by atoms with Crippen LogP contribution >= 0.6 is 11.8 Å². The number of hydrogen-bond acceptors (Lipinski definition) is 4. The zero-order valence-electron chi connectivity index (χ0n) is 15.4. The van der Waals surface area contributed by atoms with Crippen LogP contribution in [-0.4, -0.2) is 44.9 Å². The molecule has 7 heteroatoms. The van der Waals surface area contributed by atoms with E-state index in [1.54, 1.807) is 4.90 Å². The van der Waals surface area contributed by atoms with Crippen LogP contribution in [0.2, 0.25) is 0 Å². The van der Waals surface area contributed by atoms with Crippen LogP contribution in [0.4, 0.5) is 4.79 Å². The van der Waals surface area contributed by atoms with E-state index in [-0.39, 0.29) is 23.6 Å². The Labute approximate surface area is 167 Å². The van der Waals surface area contributed by atoms with Gasteiger partial charge in [0.25, 0.3) is 5.24 Å². The van der Waals surface area contributed by atoms with Gasteiger partial charge in [0, 0.05) is 25.3 Å². The zero-order valence-corrected chi connectivity index (χ0v) is 16.2. The van der Waals surface area contributed by atoms with Crippen LogP contribution in [0.25, 0.3) is 11.0 Å². The van der Waals surface area contributed by atoms with Crippen LogP contribution in [0.15, 0.2) is 54.6 Å². The maximum absolute atomic E-state index is 12.6. The second-order valence-electron chi connectivity index (χ2n) is 6.80. The molecule has 1 atom stereocenters. The van der Waals surface area contributed by atoms with E-state index in [9.17, 15) is 9.59 Å². The van der Waals surface area contributed by atoms with Crippen LogP contribution in [-0.2, 0) is 11.2 Å². The lowest BCUT2D eigenvalue weighted by Crippen LogP contribution is -2.34. The lowest BCUT2D eigenvalue weighted by Gasteiger charge is -2.19. The molecule has 2 N–H and O–H groups in total. The molecule has 28 heavy (non-hydrogen) atoms. The number of rotatable bonds is 7. The van der Waals surface area contributed by atoms with Crippen molar-refractivity contribution >= 4 is 33.9 Å². The maximum Gasteiger partial charge on any atom is 0.281 e. The highest BCUT2D eigenvalue weighted by Gasteiger charge is 2.23. The van der Waals surface area contributed by atoms with Crippen molar-refractivity contribution in [1.29, 1.82) is 0 Å². The summed E-state index contributed by atoms with van der Waals surface area (Å²) in [5.41, 5.74) is 2.95. The number of nitrogens with one attached hydrogen (secondary N) is 2. The summed E-state index contributed by atoms with van der Waals surface area (Å²) in [6, 6.07) is 17.6. The predicted octanol–water partition coefficient (Wildman–Crippen LogP) is 3.52. The van der Waals surface area contributed by atoms with Gasteiger partial charge in [-0.25, -0.2) is 4.98 Å². The minimum atomic E-state index is -0.258. The molecule has 0 bridgehead atoms. The molecule has 0 aliphatic carbocycles.